The first-order valence-electron chi connectivity index (χ1n) is 3.56. The van der Waals surface area contributed by atoms with Crippen molar-refractivity contribution < 1.29 is 4.79 Å². The van der Waals surface area contributed by atoms with Crippen molar-refractivity contribution in [2.45, 2.75) is 27.2 Å². The van der Waals surface area contributed by atoms with Gasteiger partial charge in [0.05, 0.1) is 6.54 Å². The fourth-order valence-corrected chi connectivity index (χ4v) is 0.338. The summed E-state index contributed by atoms with van der Waals surface area (Å²) in [6.45, 7) is 7.50. The minimum atomic E-state index is 0.494. The van der Waals surface area contributed by atoms with Crippen LogP contribution >= 0.6 is 0 Å². The van der Waals surface area contributed by atoms with Gasteiger partial charge in [0.2, 0.25) is 0 Å². The van der Waals surface area contributed by atoms with Crippen molar-refractivity contribution in [1.82, 2.24) is 5.32 Å². The SMILES string of the molecule is CC.CCCNCC=O. The highest BCUT2D eigenvalue weighted by Crippen LogP contribution is 1.65. The summed E-state index contributed by atoms with van der Waals surface area (Å²) in [6.07, 6.45) is 1.96. The molecule has 0 bridgehead atoms. The molecule has 0 aliphatic rings. The number of rotatable bonds is 4. The summed E-state index contributed by atoms with van der Waals surface area (Å²) in [6, 6.07) is 0. The lowest BCUT2D eigenvalue weighted by atomic mass is 10.5. The average molecular weight is 131 g/mol. The third-order valence-corrected chi connectivity index (χ3v) is 0.654. The van der Waals surface area contributed by atoms with Gasteiger partial charge in [-0.3, -0.25) is 0 Å². The Morgan fingerprint density at radius 2 is 2.00 bits per heavy atom. The van der Waals surface area contributed by atoms with Crippen molar-refractivity contribution in [3.8, 4) is 0 Å². The standard InChI is InChI=1S/C5H11NO.C2H6/c1-2-3-6-4-5-7;1-2/h5-6H,2-4H2,1H3;1-2H3. The molecule has 0 saturated heterocycles. The molecule has 0 heterocycles. The molecule has 0 aliphatic heterocycles. The third-order valence-electron chi connectivity index (χ3n) is 0.654. The van der Waals surface area contributed by atoms with Crippen LogP contribution in [0.15, 0.2) is 0 Å². The fourth-order valence-electron chi connectivity index (χ4n) is 0.338. The van der Waals surface area contributed by atoms with Crippen LogP contribution in [0.3, 0.4) is 0 Å². The predicted molar refractivity (Wildman–Crippen MR) is 40.6 cm³/mol. The number of hydrogen-bond acceptors (Lipinski definition) is 2. The summed E-state index contributed by atoms with van der Waals surface area (Å²) in [5, 5.41) is 2.92. The average Bonchev–Trinajstić information content (AvgIpc) is 1.94. The summed E-state index contributed by atoms with van der Waals surface area (Å²) in [5.41, 5.74) is 0. The molecular formula is C7H17NO. The molecule has 0 rings (SSSR count). The molecule has 0 aromatic carbocycles. The van der Waals surface area contributed by atoms with Crippen LogP contribution in [0.1, 0.15) is 27.2 Å². The molecule has 2 nitrogen and oxygen atoms in total. The van der Waals surface area contributed by atoms with Gasteiger partial charge in [0, 0.05) is 0 Å². The van der Waals surface area contributed by atoms with Crippen molar-refractivity contribution in [2.75, 3.05) is 13.1 Å². The summed E-state index contributed by atoms with van der Waals surface area (Å²) in [7, 11) is 0. The van der Waals surface area contributed by atoms with E-state index >= 15 is 0 Å². The normalized spacial score (nSPS) is 7.44. The second kappa shape index (κ2) is 15.6. The van der Waals surface area contributed by atoms with Crippen LogP contribution in [0, 0.1) is 0 Å². The Kier molecular flexibility index (Phi) is 19.9. The quantitative estimate of drug-likeness (QED) is 0.459. The summed E-state index contributed by atoms with van der Waals surface area (Å²) in [4.78, 5) is 9.62. The molecule has 0 aromatic rings. The van der Waals surface area contributed by atoms with Gasteiger partial charge >= 0.3 is 0 Å². The lowest BCUT2D eigenvalue weighted by Gasteiger charge is -1.91. The Bertz CT molecular complexity index is 46.2. The maximum Gasteiger partial charge on any atom is 0.133 e. The number of carbonyl (C=O) groups is 1. The number of hydrogen-bond donors (Lipinski definition) is 1. The van der Waals surface area contributed by atoms with E-state index < -0.39 is 0 Å². The highest BCUT2D eigenvalue weighted by atomic mass is 16.1. The van der Waals surface area contributed by atoms with Gasteiger partial charge in [0.1, 0.15) is 6.29 Å². The van der Waals surface area contributed by atoms with E-state index in [4.69, 9.17) is 0 Å². The second-order valence-electron chi connectivity index (χ2n) is 1.37. The van der Waals surface area contributed by atoms with Crippen LogP contribution in [-0.4, -0.2) is 19.4 Å². The Morgan fingerprint density at radius 3 is 2.33 bits per heavy atom. The maximum absolute atomic E-state index is 9.62. The minimum absolute atomic E-state index is 0.494. The summed E-state index contributed by atoms with van der Waals surface area (Å²) >= 11 is 0. The predicted octanol–water partition coefficient (Wildman–Crippen LogP) is 1.21. The van der Waals surface area contributed by atoms with Crippen molar-refractivity contribution in [2.24, 2.45) is 0 Å². The van der Waals surface area contributed by atoms with Crippen molar-refractivity contribution in [3.05, 3.63) is 0 Å². The molecule has 56 valence electrons. The molecule has 0 atom stereocenters. The van der Waals surface area contributed by atoms with Crippen molar-refractivity contribution in [3.63, 3.8) is 0 Å². The third kappa shape index (κ3) is 18.4. The van der Waals surface area contributed by atoms with E-state index in [9.17, 15) is 4.79 Å². The highest BCUT2D eigenvalue weighted by Gasteiger charge is 1.76. The molecule has 0 amide bonds. The topological polar surface area (TPSA) is 29.1 Å². The fraction of sp³-hybridized carbons (Fsp3) is 0.857. The Balaban J connectivity index is 0. The van der Waals surface area contributed by atoms with E-state index in [1.165, 1.54) is 0 Å². The van der Waals surface area contributed by atoms with E-state index in [1.54, 1.807) is 0 Å². The van der Waals surface area contributed by atoms with Gasteiger partial charge in [0.15, 0.2) is 0 Å². The van der Waals surface area contributed by atoms with Crippen LogP contribution in [0.25, 0.3) is 0 Å². The van der Waals surface area contributed by atoms with E-state index in [2.05, 4.69) is 12.2 Å². The Labute approximate surface area is 57.6 Å². The largest absolute Gasteiger partial charge is 0.310 e. The minimum Gasteiger partial charge on any atom is -0.310 e. The monoisotopic (exact) mass is 131 g/mol. The van der Waals surface area contributed by atoms with Crippen LogP contribution in [0.5, 0.6) is 0 Å². The lowest BCUT2D eigenvalue weighted by Crippen LogP contribution is -2.16. The lowest BCUT2D eigenvalue weighted by molar-refractivity contribution is -0.107. The molecule has 0 spiro atoms. The molecule has 0 saturated carbocycles. The van der Waals surface area contributed by atoms with E-state index in [1.807, 2.05) is 13.8 Å². The zero-order valence-electron chi connectivity index (χ0n) is 6.61. The number of aldehydes is 1. The zero-order valence-corrected chi connectivity index (χ0v) is 6.61. The van der Waals surface area contributed by atoms with Crippen LogP contribution in [-0.2, 0) is 4.79 Å². The first-order chi connectivity index (χ1) is 4.41. The molecule has 1 N–H and O–H groups in total. The molecule has 0 fully saturated rings. The molecule has 9 heavy (non-hydrogen) atoms. The molecule has 0 radical (unpaired) electrons. The van der Waals surface area contributed by atoms with Crippen LogP contribution < -0.4 is 5.32 Å². The second-order valence-corrected chi connectivity index (χ2v) is 1.37. The molecule has 0 aromatic heterocycles. The highest BCUT2D eigenvalue weighted by molar-refractivity contribution is 5.51. The first-order valence-corrected chi connectivity index (χ1v) is 3.56. The van der Waals surface area contributed by atoms with E-state index in [0.29, 0.717) is 6.54 Å². The van der Waals surface area contributed by atoms with Gasteiger partial charge in [-0.2, -0.15) is 0 Å². The van der Waals surface area contributed by atoms with Gasteiger partial charge in [0.25, 0.3) is 0 Å². The van der Waals surface area contributed by atoms with Gasteiger partial charge in [-0.1, -0.05) is 20.8 Å². The molecule has 2 heteroatoms. The maximum atomic E-state index is 9.62. The Morgan fingerprint density at radius 1 is 1.44 bits per heavy atom. The van der Waals surface area contributed by atoms with Gasteiger partial charge in [-0.15, -0.1) is 0 Å². The summed E-state index contributed by atoms with van der Waals surface area (Å²) < 4.78 is 0. The van der Waals surface area contributed by atoms with Gasteiger partial charge in [-0.25, -0.2) is 0 Å². The molecule has 0 aliphatic carbocycles. The number of nitrogens with one attached hydrogen (secondary N) is 1. The van der Waals surface area contributed by atoms with E-state index in [0.717, 1.165) is 19.3 Å². The van der Waals surface area contributed by atoms with Crippen molar-refractivity contribution >= 4 is 6.29 Å². The number of carbonyl (C=O) groups excluding carboxylic acids is 1. The van der Waals surface area contributed by atoms with Gasteiger partial charge < -0.3 is 10.1 Å². The summed E-state index contributed by atoms with van der Waals surface area (Å²) in [5.74, 6) is 0. The molecular weight excluding hydrogens is 114 g/mol. The van der Waals surface area contributed by atoms with Crippen LogP contribution in [0.4, 0.5) is 0 Å². The Hall–Kier alpha value is -0.370. The van der Waals surface area contributed by atoms with Gasteiger partial charge in [-0.05, 0) is 13.0 Å². The smallest absolute Gasteiger partial charge is 0.133 e. The van der Waals surface area contributed by atoms with Crippen molar-refractivity contribution in [1.29, 1.82) is 0 Å². The van der Waals surface area contributed by atoms with Crippen LogP contribution in [0.2, 0.25) is 0 Å². The molecule has 0 unspecified atom stereocenters. The van der Waals surface area contributed by atoms with E-state index in [-0.39, 0.29) is 0 Å². The first kappa shape index (κ1) is 11.4. The zero-order chi connectivity index (χ0) is 7.54.